The van der Waals surface area contributed by atoms with Gasteiger partial charge in [0.15, 0.2) is 0 Å². The second kappa shape index (κ2) is 5.10. The van der Waals surface area contributed by atoms with Crippen LogP contribution in [0.25, 0.3) is 0 Å². The van der Waals surface area contributed by atoms with E-state index in [4.69, 9.17) is 0 Å². The number of likely N-dealkylation sites (tertiary alicyclic amines) is 1. The molecule has 1 heterocycles. The lowest BCUT2D eigenvalue weighted by molar-refractivity contribution is -0.891. The van der Waals surface area contributed by atoms with E-state index < -0.39 is 5.97 Å². The molecule has 1 aliphatic heterocycles. The van der Waals surface area contributed by atoms with Gasteiger partial charge in [-0.1, -0.05) is 0 Å². The van der Waals surface area contributed by atoms with Crippen molar-refractivity contribution in [1.82, 2.24) is 0 Å². The first-order chi connectivity index (χ1) is 6.63. The minimum Gasteiger partial charge on any atom is -0.469 e. The monoisotopic (exact) mass is 200 g/mol. The van der Waals surface area contributed by atoms with Gasteiger partial charge in [0.25, 0.3) is 0 Å². The number of quaternary nitrogens is 1. The molecule has 0 aromatic carbocycles. The van der Waals surface area contributed by atoms with Gasteiger partial charge in [0.05, 0.1) is 33.2 Å². The largest absolute Gasteiger partial charge is 0.469 e. The van der Waals surface area contributed by atoms with Gasteiger partial charge in [-0.05, 0) is 0 Å². The van der Waals surface area contributed by atoms with Crippen LogP contribution in [0.15, 0.2) is 0 Å². The summed E-state index contributed by atoms with van der Waals surface area (Å²) in [6.07, 6.45) is 2.72. The second-order valence-electron chi connectivity index (χ2n) is 3.93. The molecule has 1 saturated heterocycles. The Labute approximate surface area is 84.2 Å². The van der Waals surface area contributed by atoms with Crippen molar-refractivity contribution < 1.29 is 19.2 Å². The van der Waals surface area contributed by atoms with Crippen LogP contribution in [0.4, 0.5) is 0 Å². The summed E-state index contributed by atoms with van der Waals surface area (Å²) in [4.78, 5) is 23.6. The van der Waals surface area contributed by atoms with Gasteiger partial charge >= 0.3 is 5.97 Å². The maximum atomic E-state index is 11.4. The molecule has 14 heavy (non-hydrogen) atoms. The molecule has 4 nitrogen and oxygen atoms in total. The van der Waals surface area contributed by atoms with E-state index in [1.165, 1.54) is 18.4 Å². The van der Waals surface area contributed by atoms with Gasteiger partial charge in [-0.2, -0.15) is 0 Å². The third-order valence-electron chi connectivity index (χ3n) is 2.86. The highest BCUT2D eigenvalue weighted by molar-refractivity contribution is 5.95. The van der Waals surface area contributed by atoms with E-state index in [9.17, 15) is 9.59 Å². The standard InChI is InChI=1S/C10H17NO3/c1-11-5-3-4-8(11)6-9(12)7-10(13)14-2/h8H,3-7H2,1-2H3/p+1. The zero-order valence-electron chi connectivity index (χ0n) is 8.84. The summed E-state index contributed by atoms with van der Waals surface area (Å²) in [5.74, 6) is -0.422. The van der Waals surface area contributed by atoms with Gasteiger partial charge in [0.2, 0.25) is 0 Å². The molecule has 0 radical (unpaired) electrons. The molecular weight excluding hydrogens is 182 g/mol. The van der Waals surface area contributed by atoms with E-state index >= 15 is 0 Å². The third kappa shape index (κ3) is 3.10. The highest BCUT2D eigenvalue weighted by Gasteiger charge is 2.27. The summed E-state index contributed by atoms with van der Waals surface area (Å²) in [6, 6.07) is 0.409. The minimum atomic E-state index is -0.425. The highest BCUT2D eigenvalue weighted by atomic mass is 16.5. The van der Waals surface area contributed by atoms with E-state index in [-0.39, 0.29) is 12.2 Å². The average molecular weight is 200 g/mol. The van der Waals surface area contributed by atoms with E-state index in [1.54, 1.807) is 0 Å². The number of ether oxygens (including phenoxy) is 1. The number of ketones is 1. The minimum absolute atomic E-state index is 0.00287. The Balaban J connectivity index is 2.29. The van der Waals surface area contributed by atoms with Crippen molar-refractivity contribution in [2.24, 2.45) is 0 Å². The molecule has 1 rings (SSSR count). The highest BCUT2D eigenvalue weighted by Crippen LogP contribution is 2.05. The van der Waals surface area contributed by atoms with Crippen LogP contribution in [0.1, 0.15) is 25.7 Å². The molecular formula is C10H18NO3+. The van der Waals surface area contributed by atoms with Crippen LogP contribution in [0, 0.1) is 0 Å². The number of hydrogen-bond donors (Lipinski definition) is 1. The van der Waals surface area contributed by atoms with E-state index in [1.807, 2.05) is 0 Å². The van der Waals surface area contributed by atoms with Crippen LogP contribution in [-0.4, -0.2) is 38.5 Å². The maximum Gasteiger partial charge on any atom is 0.313 e. The first-order valence-corrected chi connectivity index (χ1v) is 5.04. The number of esters is 1. The normalized spacial score (nSPS) is 26.1. The summed E-state index contributed by atoms with van der Waals surface area (Å²) in [7, 11) is 3.41. The molecule has 2 unspecified atom stereocenters. The molecule has 0 amide bonds. The van der Waals surface area contributed by atoms with Crippen LogP contribution < -0.4 is 4.90 Å². The van der Waals surface area contributed by atoms with Gasteiger partial charge in [-0.3, -0.25) is 9.59 Å². The lowest BCUT2D eigenvalue weighted by Gasteiger charge is -2.15. The Hall–Kier alpha value is -0.900. The lowest BCUT2D eigenvalue weighted by Crippen LogP contribution is -3.10. The molecule has 0 saturated carbocycles. The van der Waals surface area contributed by atoms with E-state index in [0.29, 0.717) is 12.5 Å². The number of methoxy groups -OCH3 is 1. The summed E-state index contributed by atoms with van der Waals surface area (Å²) in [5.41, 5.74) is 0. The fourth-order valence-electron chi connectivity index (χ4n) is 1.93. The first-order valence-electron chi connectivity index (χ1n) is 5.04. The average Bonchev–Trinajstić information content (AvgIpc) is 2.51. The third-order valence-corrected chi connectivity index (χ3v) is 2.86. The van der Waals surface area contributed by atoms with Crippen LogP contribution in [0.2, 0.25) is 0 Å². The van der Waals surface area contributed by atoms with Gasteiger partial charge in [-0.25, -0.2) is 0 Å². The molecule has 1 aliphatic rings. The van der Waals surface area contributed by atoms with Gasteiger partial charge < -0.3 is 9.64 Å². The lowest BCUT2D eigenvalue weighted by atomic mass is 10.1. The fourth-order valence-corrected chi connectivity index (χ4v) is 1.93. The second-order valence-corrected chi connectivity index (χ2v) is 3.93. The number of Topliss-reactive ketones (excluding diaryl/α,β-unsaturated/α-hetero) is 1. The summed E-state index contributed by atoms with van der Waals surface area (Å²) < 4.78 is 4.45. The summed E-state index contributed by atoms with van der Waals surface area (Å²) in [6.45, 7) is 1.14. The number of hydrogen-bond acceptors (Lipinski definition) is 3. The molecule has 0 aromatic heterocycles. The zero-order valence-corrected chi connectivity index (χ0v) is 8.84. The summed E-state index contributed by atoms with van der Waals surface area (Å²) >= 11 is 0. The fraction of sp³-hybridized carbons (Fsp3) is 0.800. The smallest absolute Gasteiger partial charge is 0.313 e. The molecule has 1 fully saturated rings. The van der Waals surface area contributed by atoms with Gasteiger partial charge in [-0.15, -0.1) is 0 Å². The zero-order chi connectivity index (χ0) is 10.6. The summed E-state index contributed by atoms with van der Waals surface area (Å²) in [5, 5.41) is 0. The molecule has 4 heteroatoms. The van der Waals surface area contributed by atoms with E-state index in [2.05, 4.69) is 11.8 Å². The predicted octanol–water partition coefficient (Wildman–Crippen LogP) is -0.814. The quantitative estimate of drug-likeness (QED) is 0.477. The SMILES string of the molecule is COC(=O)CC(=O)CC1CCC[NH+]1C. The van der Waals surface area contributed by atoms with Crippen molar-refractivity contribution in [1.29, 1.82) is 0 Å². The van der Waals surface area contributed by atoms with Crippen LogP contribution >= 0.6 is 0 Å². The Morgan fingerprint density at radius 2 is 2.21 bits per heavy atom. The number of carbonyl (C=O) groups excluding carboxylic acids is 2. The Bertz CT molecular complexity index is 227. The molecule has 2 atom stereocenters. The predicted molar refractivity (Wildman–Crippen MR) is 51.0 cm³/mol. The van der Waals surface area contributed by atoms with Crippen molar-refractivity contribution >= 4 is 11.8 Å². The Morgan fingerprint density at radius 3 is 2.71 bits per heavy atom. The van der Waals surface area contributed by atoms with Gasteiger partial charge in [0.1, 0.15) is 12.2 Å². The maximum absolute atomic E-state index is 11.4. The van der Waals surface area contributed by atoms with Crippen LogP contribution in [0.5, 0.6) is 0 Å². The first kappa shape index (κ1) is 11.2. The van der Waals surface area contributed by atoms with Crippen molar-refractivity contribution in [3.63, 3.8) is 0 Å². The molecule has 80 valence electrons. The molecule has 0 aromatic rings. The molecule has 0 bridgehead atoms. The van der Waals surface area contributed by atoms with Gasteiger partial charge in [0, 0.05) is 12.8 Å². The van der Waals surface area contributed by atoms with Crippen molar-refractivity contribution in [2.75, 3.05) is 20.7 Å². The Kier molecular flexibility index (Phi) is 4.07. The number of nitrogens with one attached hydrogen (secondary N) is 1. The van der Waals surface area contributed by atoms with E-state index in [0.717, 1.165) is 13.0 Å². The van der Waals surface area contributed by atoms with Crippen molar-refractivity contribution in [2.45, 2.75) is 31.7 Å². The van der Waals surface area contributed by atoms with Crippen LogP contribution in [0.3, 0.4) is 0 Å². The number of carbonyl (C=O) groups is 2. The topological polar surface area (TPSA) is 47.8 Å². The van der Waals surface area contributed by atoms with Crippen LogP contribution in [-0.2, 0) is 14.3 Å². The Morgan fingerprint density at radius 1 is 1.50 bits per heavy atom. The molecule has 0 spiro atoms. The van der Waals surface area contributed by atoms with Crippen molar-refractivity contribution in [3.8, 4) is 0 Å². The molecule has 1 N–H and O–H groups in total. The molecule has 0 aliphatic carbocycles. The number of rotatable bonds is 4. The van der Waals surface area contributed by atoms with Crippen molar-refractivity contribution in [3.05, 3.63) is 0 Å².